The predicted octanol–water partition coefficient (Wildman–Crippen LogP) is 1.84. The van der Waals surface area contributed by atoms with Gasteiger partial charge in [-0.3, -0.25) is 9.59 Å². The van der Waals surface area contributed by atoms with Crippen LogP contribution in [0.1, 0.15) is 16.1 Å². The van der Waals surface area contributed by atoms with Gasteiger partial charge < -0.3 is 0 Å². The van der Waals surface area contributed by atoms with E-state index in [1.54, 1.807) is 36.4 Å². The van der Waals surface area contributed by atoms with Crippen LogP contribution in [0.3, 0.4) is 0 Å². The molecule has 7 heteroatoms. The zero-order valence-corrected chi connectivity index (χ0v) is 12.7. The summed E-state index contributed by atoms with van der Waals surface area (Å²) in [7, 11) is 1.47. The van der Waals surface area contributed by atoms with E-state index in [0.29, 0.717) is 10.8 Å². The second-order valence-electron chi connectivity index (χ2n) is 5.04. The summed E-state index contributed by atoms with van der Waals surface area (Å²) in [5, 5.41) is 8.55. The Kier molecular flexibility index (Phi) is 4.15. The summed E-state index contributed by atoms with van der Waals surface area (Å²) < 4.78 is 14.6. The average molecular weight is 324 g/mol. The molecule has 0 aliphatic heterocycles. The van der Waals surface area contributed by atoms with E-state index < -0.39 is 11.7 Å². The molecule has 6 nitrogen and oxygen atoms in total. The number of aromatic nitrogens is 2. The van der Waals surface area contributed by atoms with Gasteiger partial charge in [-0.15, -0.1) is 0 Å². The van der Waals surface area contributed by atoms with Gasteiger partial charge in [-0.2, -0.15) is 10.2 Å². The summed E-state index contributed by atoms with van der Waals surface area (Å²) >= 11 is 0. The monoisotopic (exact) mass is 324 g/mol. The van der Waals surface area contributed by atoms with Crippen LogP contribution in [0.15, 0.2) is 58.4 Å². The van der Waals surface area contributed by atoms with Crippen molar-refractivity contribution in [2.45, 2.75) is 0 Å². The number of aryl methyl sites for hydroxylation is 1. The fourth-order valence-corrected chi connectivity index (χ4v) is 2.26. The lowest BCUT2D eigenvalue weighted by Gasteiger charge is -2.06. The highest BCUT2D eigenvalue weighted by Gasteiger charge is 2.14. The molecule has 0 radical (unpaired) electrons. The lowest BCUT2D eigenvalue weighted by molar-refractivity contribution is 0.0950. The van der Waals surface area contributed by atoms with Gasteiger partial charge in [0.2, 0.25) is 0 Å². The molecule has 1 amide bonds. The smallest absolute Gasteiger partial charge is 0.267 e. The lowest BCUT2D eigenvalue weighted by atomic mass is 10.1. The minimum atomic E-state index is -0.589. The average Bonchev–Trinajstić information content (AvgIpc) is 2.59. The van der Waals surface area contributed by atoms with E-state index >= 15 is 0 Å². The van der Waals surface area contributed by atoms with Gasteiger partial charge in [0.25, 0.3) is 11.5 Å². The summed E-state index contributed by atoms with van der Waals surface area (Å²) in [5.41, 5.74) is 2.32. The molecule has 0 spiro atoms. The van der Waals surface area contributed by atoms with Gasteiger partial charge in [0.1, 0.15) is 5.82 Å². The highest BCUT2D eigenvalue weighted by atomic mass is 19.1. The van der Waals surface area contributed by atoms with E-state index in [-0.39, 0.29) is 16.8 Å². The summed E-state index contributed by atoms with van der Waals surface area (Å²) in [6, 6.07) is 12.7. The van der Waals surface area contributed by atoms with E-state index in [9.17, 15) is 14.0 Å². The number of amides is 1. The van der Waals surface area contributed by atoms with Crippen LogP contribution in [0.25, 0.3) is 10.8 Å². The molecule has 2 aromatic carbocycles. The highest BCUT2D eigenvalue weighted by Crippen LogP contribution is 2.12. The minimum Gasteiger partial charge on any atom is -0.267 e. The first-order chi connectivity index (χ1) is 11.6. The lowest BCUT2D eigenvalue weighted by Crippen LogP contribution is -2.27. The first kappa shape index (κ1) is 15.5. The molecule has 3 aromatic rings. The van der Waals surface area contributed by atoms with Crippen molar-refractivity contribution < 1.29 is 9.18 Å². The maximum atomic E-state index is 13.5. The van der Waals surface area contributed by atoms with Crippen molar-refractivity contribution in [2.24, 2.45) is 12.1 Å². The largest absolute Gasteiger partial charge is 0.292 e. The van der Waals surface area contributed by atoms with Crippen molar-refractivity contribution in [1.29, 1.82) is 0 Å². The maximum absolute atomic E-state index is 13.5. The van der Waals surface area contributed by atoms with Crippen LogP contribution in [0.2, 0.25) is 0 Å². The van der Waals surface area contributed by atoms with Gasteiger partial charge in [0.05, 0.1) is 11.6 Å². The summed E-state index contributed by atoms with van der Waals surface area (Å²) in [6.07, 6.45) is 1.21. The Morgan fingerprint density at radius 1 is 1.17 bits per heavy atom. The van der Waals surface area contributed by atoms with Gasteiger partial charge in [-0.1, -0.05) is 36.4 Å². The van der Waals surface area contributed by atoms with Crippen molar-refractivity contribution in [3.63, 3.8) is 0 Å². The normalized spacial score (nSPS) is 11.1. The Morgan fingerprint density at radius 3 is 2.58 bits per heavy atom. The molecule has 0 atom stereocenters. The molecule has 1 heterocycles. The third-order valence-corrected chi connectivity index (χ3v) is 3.45. The van der Waals surface area contributed by atoms with Crippen molar-refractivity contribution >= 4 is 22.9 Å². The first-order valence-corrected chi connectivity index (χ1v) is 7.12. The van der Waals surface area contributed by atoms with Crippen LogP contribution in [-0.2, 0) is 7.05 Å². The van der Waals surface area contributed by atoms with Crippen molar-refractivity contribution in [1.82, 2.24) is 15.2 Å². The Morgan fingerprint density at radius 2 is 1.83 bits per heavy atom. The number of hydrazone groups is 1. The molecule has 0 unspecified atom stereocenters. The van der Waals surface area contributed by atoms with Crippen molar-refractivity contribution in [2.75, 3.05) is 0 Å². The Labute approximate surface area is 136 Å². The Balaban J connectivity index is 1.91. The molecule has 1 N–H and O–H groups in total. The van der Waals surface area contributed by atoms with E-state index in [1.165, 1.54) is 25.4 Å². The molecular weight excluding hydrogens is 311 g/mol. The molecule has 1 aromatic heterocycles. The van der Waals surface area contributed by atoms with Gasteiger partial charge in [0, 0.05) is 18.0 Å². The van der Waals surface area contributed by atoms with Crippen LogP contribution in [0, 0.1) is 5.82 Å². The number of rotatable bonds is 3. The topological polar surface area (TPSA) is 76.3 Å². The molecule has 0 aliphatic rings. The van der Waals surface area contributed by atoms with Gasteiger partial charge >= 0.3 is 0 Å². The second-order valence-corrected chi connectivity index (χ2v) is 5.04. The van der Waals surface area contributed by atoms with Crippen LogP contribution in [0.4, 0.5) is 4.39 Å². The summed E-state index contributed by atoms with van der Waals surface area (Å²) in [5.74, 6) is -1.03. The number of hydrogen-bond acceptors (Lipinski definition) is 4. The fraction of sp³-hybridized carbons (Fsp3) is 0.0588. The van der Waals surface area contributed by atoms with Crippen LogP contribution in [-0.4, -0.2) is 21.9 Å². The van der Waals surface area contributed by atoms with Crippen LogP contribution in [0.5, 0.6) is 0 Å². The maximum Gasteiger partial charge on any atom is 0.292 e. The third-order valence-electron chi connectivity index (χ3n) is 3.45. The number of carbonyl (C=O) groups excluding carboxylic acids is 1. The highest BCUT2D eigenvalue weighted by molar-refractivity contribution is 6.04. The summed E-state index contributed by atoms with van der Waals surface area (Å²) in [4.78, 5) is 24.3. The quantitative estimate of drug-likeness (QED) is 0.590. The molecule has 0 bridgehead atoms. The number of carbonyl (C=O) groups is 1. The molecule has 0 fully saturated rings. The van der Waals surface area contributed by atoms with Crippen LogP contribution < -0.4 is 11.0 Å². The SMILES string of the molecule is Cn1nc(C(=O)N/N=C\c2ccccc2F)c2ccccc2c1=O. The number of halogens is 1. The first-order valence-electron chi connectivity index (χ1n) is 7.12. The van der Waals surface area contributed by atoms with Crippen molar-refractivity contribution in [3.8, 4) is 0 Å². The molecule has 0 aliphatic carbocycles. The van der Waals surface area contributed by atoms with E-state index in [1.807, 2.05) is 0 Å². The molecular formula is C17H13FN4O2. The number of nitrogens with one attached hydrogen (secondary N) is 1. The number of fused-ring (bicyclic) bond motifs is 1. The number of hydrogen-bond donors (Lipinski definition) is 1. The van der Waals surface area contributed by atoms with E-state index in [0.717, 1.165) is 4.68 Å². The van der Waals surface area contributed by atoms with Gasteiger partial charge in [0.15, 0.2) is 5.69 Å². The van der Waals surface area contributed by atoms with Crippen molar-refractivity contribution in [3.05, 3.63) is 76.0 Å². The Bertz CT molecular complexity index is 1010. The number of nitrogens with zero attached hydrogens (tertiary/aromatic N) is 3. The third kappa shape index (κ3) is 2.91. The van der Waals surface area contributed by atoms with Gasteiger partial charge in [-0.25, -0.2) is 14.5 Å². The minimum absolute atomic E-state index is 0.0679. The molecule has 3 rings (SSSR count). The zero-order chi connectivity index (χ0) is 17.1. The molecule has 0 saturated heterocycles. The molecule has 120 valence electrons. The van der Waals surface area contributed by atoms with E-state index in [2.05, 4.69) is 15.6 Å². The second kappa shape index (κ2) is 6.41. The molecule has 24 heavy (non-hydrogen) atoms. The van der Waals surface area contributed by atoms with Gasteiger partial charge in [-0.05, 0) is 12.1 Å². The zero-order valence-electron chi connectivity index (χ0n) is 12.7. The van der Waals surface area contributed by atoms with Crippen LogP contribution >= 0.6 is 0 Å². The molecule has 0 saturated carbocycles. The predicted molar refractivity (Wildman–Crippen MR) is 88.4 cm³/mol. The summed E-state index contributed by atoms with van der Waals surface area (Å²) in [6.45, 7) is 0. The van der Waals surface area contributed by atoms with E-state index in [4.69, 9.17) is 0 Å². The fourth-order valence-electron chi connectivity index (χ4n) is 2.26. The standard InChI is InChI=1S/C17H13FN4O2/c1-22-17(24)13-8-4-3-7-12(13)15(21-22)16(23)20-19-10-11-6-2-5-9-14(11)18/h2-10H,1H3,(H,20,23)/b19-10-. The number of benzene rings is 2. The Hall–Kier alpha value is -3.35.